The number of fused-ring (bicyclic) bond motifs is 2. The number of hydrogen-bond acceptors (Lipinski definition) is 2. The predicted octanol–water partition coefficient (Wildman–Crippen LogP) is 14.8. The van der Waals surface area contributed by atoms with Crippen LogP contribution in [-0.2, 0) is 0 Å². The van der Waals surface area contributed by atoms with E-state index in [4.69, 9.17) is 0 Å². The highest BCUT2D eigenvalue weighted by Gasteiger charge is 2.18. The maximum Gasteiger partial charge on any atom is 0.125 e. The molecule has 9 rings (SSSR count). The molecule has 0 amide bonds. The average molecular weight is 727 g/mol. The molecule has 0 aliphatic heterocycles. The Morgan fingerprint density at radius 3 is 1.30 bits per heavy atom. The molecule has 268 valence electrons. The van der Waals surface area contributed by atoms with Crippen LogP contribution in [0.15, 0.2) is 212 Å². The van der Waals surface area contributed by atoms with Crippen LogP contribution < -0.4 is 9.80 Å². The summed E-state index contributed by atoms with van der Waals surface area (Å²) in [4.78, 5) is 4.22. The Bertz CT molecular complexity index is 2820. The number of halogens is 2. The molecule has 56 heavy (non-hydrogen) atoms. The Morgan fingerprint density at radius 2 is 0.786 bits per heavy atom. The van der Waals surface area contributed by atoms with Crippen molar-refractivity contribution in [3.05, 3.63) is 241 Å². The van der Waals surface area contributed by atoms with E-state index in [0.29, 0.717) is 0 Å². The fourth-order valence-electron chi connectivity index (χ4n) is 7.52. The van der Waals surface area contributed by atoms with Gasteiger partial charge in [0.2, 0.25) is 0 Å². The van der Waals surface area contributed by atoms with Crippen molar-refractivity contribution in [1.82, 2.24) is 0 Å². The number of anilines is 6. The highest BCUT2D eigenvalue weighted by atomic mass is 19.1. The predicted molar refractivity (Wildman–Crippen MR) is 231 cm³/mol. The van der Waals surface area contributed by atoms with Gasteiger partial charge in [-0.1, -0.05) is 140 Å². The summed E-state index contributed by atoms with van der Waals surface area (Å²) >= 11 is 0. The first-order valence-corrected chi connectivity index (χ1v) is 18.6. The van der Waals surface area contributed by atoms with Crippen molar-refractivity contribution in [3.63, 3.8) is 0 Å². The van der Waals surface area contributed by atoms with Gasteiger partial charge in [-0.15, -0.1) is 0 Å². The minimum absolute atomic E-state index is 0.290. The van der Waals surface area contributed by atoms with Crippen LogP contribution in [-0.4, -0.2) is 0 Å². The van der Waals surface area contributed by atoms with Crippen LogP contribution in [0.25, 0.3) is 33.2 Å². The van der Waals surface area contributed by atoms with Crippen LogP contribution in [0.2, 0.25) is 0 Å². The Balaban J connectivity index is 1.12. The van der Waals surface area contributed by atoms with Crippen molar-refractivity contribution < 1.29 is 8.78 Å². The summed E-state index contributed by atoms with van der Waals surface area (Å²) in [6.45, 7) is 0. The summed E-state index contributed by atoms with van der Waals surface area (Å²) in [5, 5.41) is 4.38. The Kier molecular flexibility index (Phi) is 9.36. The second-order valence-corrected chi connectivity index (χ2v) is 13.7. The van der Waals surface area contributed by atoms with Crippen molar-refractivity contribution in [1.29, 1.82) is 0 Å². The Hall–Kier alpha value is -7.30. The first-order chi connectivity index (χ1) is 27.6. The highest BCUT2D eigenvalue weighted by molar-refractivity contribution is 6.00. The summed E-state index contributed by atoms with van der Waals surface area (Å²) in [7, 11) is 0. The molecule has 0 bridgehead atoms. The Morgan fingerprint density at radius 1 is 0.357 bits per heavy atom. The fourth-order valence-corrected chi connectivity index (χ4v) is 7.52. The molecule has 0 aliphatic carbocycles. The lowest BCUT2D eigenvalue weighted by Crippen LogP contribution is -2.11. The molecule has 0 spiro atoms. The van der Waals surface area contributed by atoms with E-state index in [1.54, 1.807) is 24.3 Å². The van der Waals surface area contributed by atoms with E-state index in [1.807, 2.05) is 66.7 Å². The van der Waals surface area contributed by atoms with Crippen LogP contribution in [0, 0.1) is 11.6 Å². The Labute approximate surface area is 325 Å². The molecule has 9 aromatic carbocycles. The van der Waals surface area contributed by atoms with Crippen molar-refractivity contribution >= 4 is 67.3 Å². The minimum Gasteiger partial charge on any atom is -0.310 e. The molecule has 0 saturated heterocycles. The summed E-state index contributed by atoms with van der Waals surface area (Å²) < 4.78 is 29.4. The van der Waals surface area contributed by atoms with Crippen LogP contribution >= 0.6 is 0 Å². The monoisotopic (exact) mass is 726 g/mol. The molecular formula is C52H36F2N2. The molecule has 4 heteroatoms. The zero-order chi connectivity index (χ0) is 37.8. The molecule has 0 fully saturated rings. The zero-order valence-corrected chi connectivity index (χ0v) is 30.4. The molecule has 9 aromatic rings. The molecule has 0 heterocycles. The van der Waals surface area contributed by atoms with Crippen LogP contribution in [0.1, 0.15) is 16.7 Å². The van der Waals surface area contributed by atoms with E-state index in [9.17, 15) is 8.78 Å². The molecule has 0 saturated carbocycles. The smallest absolute Gasteiger partial charge is 0.125 e. The van der Waals surface area contributed by atoms with Gasteiger partial charge >= 0.3 is 0 Å². The second kappa shape index (κ2) is 15.2. The van der Waals surface area contributed by atoms with Crippen molar-refractivity contribution in [2.45, 2.75) is 0 Å². The van der Waals surface area contributed by atoms with Crippen LogP contribution in [0.4, 0.5) is 42.9 Å². The summed E-state index contributed by atoms with van der Waals surface area (Å²) in [6.07, 6.45) is 2.20. The fraction of sp³-hybridized carbons (Fsp3) is 0. The first-order valence-electron chi connectivity index (χ1n) is 18.6. The van der Waals surface area contributed by atoms with E-state index < -0.39 is 0 Å². The number of nitrogens with zero attached hydrogens (tertiary/aromatic N) is 2. The van der Waals surface area contributed by atoms with Gasteiger partial charge < -0.3 is 9.80 Å². The van der Waals surface area contributed by atoms with Gasteiger partial charge in [-0.3, -0.25) is 0 Å². The van der Waals surface area contributed by atoms with E-state index in [0.717, 1.165) is 77.9 Å². The first kappa shape index (κ1) is 34.5. The average Bonchev–Trinajstić information content (AvgIpc) is 3.24. The van der Waals surface area contributed by atoms with Crippen LogP contribution in [0.3, 0.4) is 0 Å². The molecule has 0 aromatic heterocycles. The lowest BCUT2D eigenvalue weighted by Gasteiger charge is -2.27. The van der Waals surface area contributed by atoms with Crippen molar-refractivity contribution in [3.8, 4) is 0 Å². The van der Waals surface area contributed by atoms with Gasteiger partial charge in [0.15, 0.2) is 0 Å². The normalized spacial score (nSPS) is 11.5. The molecular weight excluding hydrogens is 691 g/mol. The second-order valence-electron chi connectivity index (χ2n) is 13.7. The number of hydrogen-bond donors (Lipinski definition) is 0. The van der Waals surface area contributed by atoms with Crippen LogP contribution in [0.5, 0.6) is 0 Å². The summed E-state index contributed by atoms with van der Waals surface area (Å²) in [5.74, 6) is -0.581. The molecule has 0 N–H and O–H groups in total. The van der Waals surface area contributed by atoms with Gasteiger partial charge in [0.25, 0.3) is 0 Å². The van der Waals surface area contributed by atoms with Gasteiger partial charge in [-0.05, 0) is 112 Å². The van der Waals surface area contributed by atoms with Crippen molar-refractivity contribution in [2.24, 2.45) is 0 Å². The third kappa shape index (κ3) is 6.92. The SMILES string of the molecule is Fc1cccc(N(c2ccc(/C=C(/c3ccccc3)c3ccc(N(c4cccc(F)c4)c4cccc5ccccc45)cc3)cc2)c2cccc3ccccc23)c1. The van der Waals surface area contributed by atoms with Gasteiger partial charge in [0.1, 0.15) is 11.6 Å². The van der Waals surface area contributed by atoms with Gasteiger partial charge in [-0.25, -0.2) is 8.78 Å². The van der Waals surface area contributed by atoms with Crippen molar-refractivity contribution in [2.75, 3.05) is 9.80 Å². The molecule has 0 atom stereocenters. The molecule has 0 radical (unpaired) electrons. The third-order valence-corrected chi connectivity index (χ3v) is 10.1. The quantitative estimate of drug-likeness (QED) is 0.137. The van der Waals surface area contributed by atoms with Gasteiger partial charge in [0.05, 0.1) is 11.4 Å². The summed E-state index contributed by atoms with van der Waals surface area (Å²) in [6, 6.07) is 69.6. The molecule has 2 nitrogen and oxygen atoms in total. The lowest BCUT2D eigenvalue weighted by molar-refractivity contribution is 0.627. The van der Waals surface area contributed by atoms with Gasteiger partial charge in [0, 0.05) is 33.5 Å². The highest BCUT2D eigenvalue weighted by Crippen LogP contribution is 2.41. The third-order valence-electron chi connectivity index (χ3n) is 10.1. The zero-order valence-electron chi connectivity index (χ0n) is 30.4. The minimum atomic E-state index is -0.291. The molecule has 0 unspecified atom stereocenters. The van der Waals surface area contributed by atoms with E-state index in [2.05, 4.69) is 125 Å². The maximum atomic E-state index is 14.7. The maximum absolute atomic E-state index is 14.7. The van der Waals surface area contributed by atoms with Gasteiger partial charge in [-0.2, -0.15) is 0 Å². The standard InChI is InChI=1S/C52H36F2N2/c53-42-18-10-20-46(35-42)55(51-24-8-16-38-14-4-6-22-48(38)51)44-30-26-37(27-31-44)34-50(40-12-2-1-3-13-40)41-28-32-45(33-29-41)56(47-21-11-19-43(54)36-47)52-25-9-17-39-15-5-7-23-49(39)52/h1-36H/b50-34-. The largest absolute Gasteiger partial charge is 0.310 e. The molecule has 0 aliphatic rings. The van der Waals surface area contributed by atoms with E-state index >= 15 is 0 Å². The lowest BCUT2D eigenvalue weighted by atomic mass is 9.95. The number of rotatable bonds is 9. The van der Waals surface area contributed by atoms with E-state index in [-0.39, 0.29) is 11.6 Å². The van der Waals surface area contributed by atoms with E-state index in [1.165, 1.54) is 12.1 Å². The summed E-state index contributed by atoms with van der Waals surface area (Å²) in [5.41, 5.74) is 9.45. The topological polar surface area (TPSA) is 6.48 Å². The number of benzene rings is 9.